The van der Waals surface area contributed by atoms with Crippen LogP contribution in [0.4, 0.5) is 0 Å². The van der Waals surface area contributed by atoms with Crippen LogP contribution in [0.25, 0.3) is 0 Å². The summed E-state index contributed by atoms with van der Waals surface area (Å²) in [6, 6.07) is 0. The Morgan fingerprint density at radius 3 is 1.78 bits per heavy atom. The summed E-state index contributed by atoms with van der Waals surface area (Å²) in [5.41, 5.74) is 0. The molecule has 2 N–H and O–H groups in total. The van der Waals surface area contributed by atoms with Gasteiger partial charge in [0.15, 0.2) is 6.10 Å². The summed E-state index contributed by atoms with van der Waals surface area (Å²) in [6.07, 6.45) is 0.509. The normalized spacial score (nSPS) is 12.0. The smallest absolute Gasteiger partial charge is 0.328 e. The van der Waals surface area contributed by atoms with Gasteiger partial charge in [-0.25, -0.2) is 9.59 Å². The fourth-order valence-corrected chi connectivity index (χ4v) is 1.35. The molecule has 1 atom stereocenters. The first kappa shape index (κ1) is 22.9. The van der Waals surface area contributed by atoms with E-state index in [1.54, 1.807) is 6.92 Å². The lowest BCUT2D eigenvalue weighted by atomic mass is 10.2. The highest BCUT2D eigenvalue weighted by atomic mass is 16.5. The monoisotopic (exact) mass is 333 g/mol. The van der Waals surface area contributed by atoms with Crippen molar-refractivity contribution in [2.75, 3.05) is 27.7 Å². The van der Waals surface area contributed by atoms with E-state index in [4.69, 9.17) is 14.9 Å². The highest BCUT2D eigenvalue weighted by Gasteiger charge is 2.21. The standard InChI is InChI=1S/C10H19NO4.C4H4O4/c1-5-10(14)15-8(6-9(12)13)7-11(2,3)4;5-3(6)1-2-4(7)8/h8H,5-7H2,1-4H3;1-2H,(H,5,6)(H,7,8)/b;2-1-. The Morgan fingerprint density at radius 1 is 1.09 bits per heavy atom. The summed E-state index contributed by atoms with van der Waals surface area (Å²) in [6.45, 7) is 2.13. The van der Waals surface area contributed by atoms with Gasteiger partial charge in [0.2, 0.25) is 0 Å². The van der Waals surface area contributed by atoms with Crippen LogP contribution in [-0.2, 0) is 23.9 Å². The van der Waals surface area contributed by atoms with Crippen molar-refractivity contribution in [1.82, 2.24) is 0 Å². The van der Waals surface area contributed by atoms with Crippen molar-refractivity contribution >= 4 is 23.9 Å². The third-order valence-electron chi connectivity index (χ3n) is 2.10. The van der Waals surface area contributed by atoms with E-state index in [2.05, 4.69) is 0 Å². The number of ether oxygens (including phenoxy) is 1. The average molecular weight is 333 g/mol. The number of hydrogen-bond donors (Lipinski definition) is 2. The molecule has 0 spiro atoms. The number of carboxylic acids is 3. The number of quaternary nitrogens is 1. The molecule has 9 heteroatoms. The highest BCUT2D eigenvalue weighted by Crippen LogP contribution is 2.05. The van der Waals surface area contributed by atoms with Gasteiger partial charge < -0.3 is 29.3 Å². The molecule has 9 nitrogen and oxygen atoms in total. The maximum Gasteiger partial charge on any atom is 0.328 e. The maximum absolute atomic E-state index is 11.0. The van der Waals surface area contributed by atoms with Crippen LogP contribution < -0.4 is 5.11 Å². The number of aliphatic carboxylic acids is 3. The van der Waals surface area contributed by atoms with Crippen LogP contribution in [-0.4, -0.2) is 72.4 Å². The van der Waals surface area contributed by atoms with Crippen molar-refractivity contribution < 1.29 is 43.7 Å². The van der Waals surface area contributed by atoms with Gasteiger partial charge in [0, 0.05) is 31.0 Å². The zero-order valence-electron chi connectivity index (χ0n) is 13.6. The molecule has 0 radical (unpaired) electrons. The summed E-state index contributed by atoms with van der Waals surface area (Å²) in [5.74, 6) is -4.09. The van der Waals surface area contributed by atoms with E-state index < -0.39 is 24.0 Å². The first-order valence-corrected chi connectivity index (χ1v) is 6.71. The Balaban J connectivity index is 0. The van der Waals surface area contributed by atoms with E-state index in [-0.39, 0.29) is 18.8 Å². The van der Waals surface area contributed by atoms with Gasteiger partial charge in [-0.3, -0.25) is 4.79 Å². The molecule has 23 heavy (non-hydrogen) atoms. The number of likely N-dealkylation sites (N-methyl/N-ethyl adjacent to an activating group) is 1. The van der Waals surface area contributed by atoms with Crippen molar-refractivity contribution in [3.05, 3.63) is 12.2 Å². The van der Waals surface area contributed by atoms with Crippen molar-refractivity contribution in [2.45, 2.75) is 25.9 Å². The van der Waals surface area contributed by atoms with E-state index in [9.17, 15) is 24.3 Å². The van der Waals surface area contributed by atoms with Crippen LogP contribution >= 0.6 is 0 Å². The van der Waals surface area contributed by atoms with E-state index in [0.29, 0.717) is 23.2 Å². The number of nitrogens with zero attached hydrogens (tertiary/aromatic N) is 1. The second-order valence-corrected chi connectivity index (χ2v) is 5.52. The van der Waals surface area contributed by atoms with Crippen LogP contribution in [0, 0.1) is 0 Å². The predicted molar refractivity (Wildman–Crippen MR) is 77.1 cm³/mol. The zero-order valence-corrected chi connectivity index (χ0v) is 13.6. The third-order valence-corrected chi connectivity index (χ3v) is 2.10. The summed E-state index contributed by atoms with van der Waals surface area (Å²) < 4.78 is 5.55. The van der Waals surface area contributed by atoms with Crippen LogP contribution in [0.3, 0.4) is 0 Å². The fourth-order valence-electron chi connectivity index (χ4n) is 1.35. The zero-order chi connectivity index (χ0) is 18.6. The SMILES string of the molecule is CCC(=O)OC(CC(=O)[O-])C[N+](C)(C)C.O=C(O)/C=C\C(=O)O. The molecule has 1 unspecified atom stereocenters. The molecule has 0 aliphatic carbocycles. The van der Waals surface area contributed by atoms with Gasteiger partial charge in [-0.1, -0.05) is 6.92 Å². The minimum absolute atomic E-state index is 0.249. The first-order valence-electron chi connectivity index (χ1n) is 6.71. The quantitative estimate of drug-likeness (QED) is 0.323. The number of esters is 1. The number of rotatable bonds is 8. The van der Waals surface area contributed by atoms with E-state index in [1.165, 1.54) is 0 Å². The summed E-state index contributed by atoms with van der Waals surface area (Å²) in [7, 11) is 5.71. The molecule has 0 aliphatic rings. The molecule has 0 aliphatic heterocycles. The van der Waals surface area contributed by atoms with Gasteiger partial charge >= 0.3 is 17.9 Å². The summed E-state index contributed by atoms with van der Waals surface area (Å²) in [4.78, 5) is 40.6. The lowest BCUT2D eigenvalue weighted by Crippen LogP contribution is -2.45. The van der Waals surface area contributed by atoms with Gasteiger partial charge in [-0.15, -0.1) is 0 Å². The van der Waals surface area contributed by atoms with Crippen LogP contribution in [0.5, 0.6) is 0 Å². The second-order valence-electron chi connectivity index (χ2n) is 5.52. The maximum atomic E-state index is 11.0. The molecule has 0 rings (SSSR count). The Hall–Kier alpha value is -2.42. The molecular weight excluding hydrogens is 310 g/mol. The van der Waals surface area contributed by atoms with Gasteiger partial charge in [0.25, 0.3) is 0 Å². The summed E-state index contributed by atoms with van der Waals surface area (Å²) in [5, 5.41) is 26.1. The average Bonchev–Trinajstić information content (AvgIpc) is 2.34. The van der Waals surface area contributed by atoms with Crippen molar-refractivity contribution in [3.8, 4) is 0 Å². The Morgan fingerprint density at radius 2 is 1.52 bits per heavy atom. The Labute approximate surface area is 134 Å². The van der Waals surface area contributed by atoms with Crippen molar-refractivity contribution in [1.29, 1.82) is 0 Å². The molecule has 0 aromatic rings. The van der Waals surface area contributed by atoms with Crippen LogP contribution in [0.1, 0.15) is 19.8 Å². The molecule has 0 heterocycles. The van der Waals surface area contributed by atoms with E-state index >= 15 is 0 Å². The van der Waals surface area contributed by atoms with Crippen molar-refractivity contribution in [2.24, 2.45) is 0 Å². The summed E-state index contributed by atoms with van der Waals surface area (Å²) >= 11 is 0. The number of carbonyl (C=O) groups is 4. The highest BCUT2D eigenvalue weighted by molar-refractivity contribution is 5.89. The minimum atomic E-state index is -1.26. The molecule has 0 aromatic carbocycles. The van der Waals surface area contributed by atoms with E-state index in [1.807, 2.05) is 21.1 Å². The largest absolute Gasteiger partial charge is 0.550 e. The van der Waals surface area contributed by atoms with Crippen LogP contribution in [0.15, 0.2) is 12.2 Å². The van der Waals surface area contributed by atoms with E-state index in [0.717, 1.165) is 0 Å². The third kappa shape index (κ3) is 19.6. The van der Waals surface area contributed by atoms with Gasteiger partial charge in [0.1, 0.15) is 6.54 Å². The molecule has 132 valence electrons. The molecule has 0 saturated heterocycles. The Kier molecular flexibility index (Phi) is 11.1. The minimum Gasteiger partial charge on any atom is -0.550 e. The number of hydrogen-bond acceptors (Lipinski definition) is 6. The molecule has 0 saturated carbocycles. The van der Waals surface area contributed by atoms with Crippen molar-refractivity contribution in [3.63, 3.8) is 0 Å². The molecule has 0 fully saturated rings. The lowest BCUT2D eigenvalue weighted by Gasteiger charge is -2.29. The van der Waals surface area contributed by atoms with Gasteiger partial charge in [-0.2, -0.15) is 0 Å². The molecular formula is C14H23NO8. The fraction of sp³-hybridized carbons (Fsp3) is 0.571. The first-order chi connectivity index (χ1) is 10.4. The lowest BCUT2D eigenvalue weighted by molar-refractivity contribution is -0.873. The number of carboxylic acid groups (broad SMARTS) is 3. The topological polar surface area (TPSA) is 141 Å². The van der Waals surface area contributed by atoms with Gasteiger partial charge in [-0.05, 0) is 0 Å². The molecule has 0 bridgehead atoms. The molecule has 0 amide bonds. The van der Waals surface area contributed by atoms with Gasteiger partial charge in [0.05, 0.1) is 21.1 Å². The number of carbonyl (C=O) groups excluding carboxylic acids is 2. The molecule has 0 aromatic heterocycles. The van der Waals surface area contributed by atoms with Crippen LogP contribution in [0.2, 0.25) is 0 Å². The predicted octanol–water partition coefficient (Wildman–Crippen LogP) is -1.13. The second kappa shape index (κ2) is 11.2. The Bertz CT molecular complexity index is 434.